The second kappa shape index (κ2) is 15.8. The molecule has 1 atom stereocenters. The minimum Gasteiger partial charge on any atom is -0.507 e. The first-order chi connectivity index (χ1) is 20.9. The van der Waals surface area contributed by atoms with E-state index in [0.29, 0.717) is 67.9 Å². The van der Waals surface area contributed by atoms with Gasteiger partial charge in [-0.05, 0) is 61.2 Å². The van der Waals surface area contributed by atoms with E-state index in [1.165, 1.54) is 0 Å². The van der Waals surface area contributed by atoms with E-state index in [-0.39, 0.29) is 11.3 Å². The Bertz CT molecular complexity index is 1290. The lowest BCUT2D eigenvalue weighted by atomic mass is 9.93. The van der Waals surface area contributed by atoms with Gasteiger partial charge in [-0.25, -0.2) is 0 Å². The number of rotatable bonds is 15. The van der Waals surface area contributed by atoms with Crippen molar-refractivity contribution in [2.45, 2.75) is 58.9 Å². The number of unbranched alkanes of at least 4 members (excludes halogenated alkanes) is 3. The molecule has 2 heterocycles. The summed E-state index contributed by atoms with van der Waals surface area (Å²) in [6, 6.07) is 10.1. The largest absolute Gasteiger partial charge is 0.507 e. The predicted octanol–water partition coefficient (Wildman–Crippen LogP) is 5.51. The third kappa shape index (κ3) is 7.89. The fourth-order valence-corrected chi connectivity index (χ4v) is 5.51. The van der Waals surface area contributed by atoms with Crippen LogP contribution in [0, 0.1) is 6.92 Å². The van der Waals surface area contributed by atoms with Gasteiger partial charge in [-0.3, -0.25) is 14.5 Å². The number of aryl methyl sites for hydroxylation is 1. The zero-order chi connectivity index (χ0) is 30.8. The number of ether oxygens (including phenoxy) is 4. The molecule has 0 bridgehead atoms. The van der Waals surface area contributed by atoms with Crippen LogP contribution in [0.4, 0.5) is 0 Å². The first kappa shape index (κ1) is 32.4. The maximum Gasteiger partial charge on any atom is 0.295 e. The number of nitrogens with zero attached hydrogens (tertiary/aromatic N) is 2. The van der Waals surface area contributed by atoms with Gasteiger partial charge in [0, 0.05) is 31.7 Å². The number of hydrogen-bond donors (Lipinski definition) is 1. The van der Waals surface area contributed by atoms with Gasteiger partial charge in [0.1, 0.15) is 11.5 Å². The van der Waals surface area contributed by atoms with Crippen LogP contribution in [-0.4, -0.2) is 86.3 Å². The summed E-state index contributed by atoms with van der Waals surface area (Å²) < 4.78 is 23.0. The van der Waals surface area contributed by atoms with E-state index < -0.39 is 17.7 Å². The molecule has 0 saturated carbocycles. The minimum absolute atomic E-state index is 0.0633. The molecule has 0 aromatic heterocycles. The van der Waals surface area contributed by atoms with Crippen LogP contribution in [0.3, 0.4) is 0 Å². The average Bonchev–Trinajstić information content (AvgIpc) is 3.27. The summed E-state index contributed by atoms with van der Waals surface area (Å²) >= 11 is 0. The number of hydrogen-bond acceptors (Lipinski definition) is 8. The van der Waals surface area contributed by atoms with Crippen LogP contribution in [0.2, 0.25) is 0 Å². The number of likely N-dealkylation sites (tertiary alicyclic amines) is 1. The summed E-state index contributed by atoms with van der Waals surface area (Å²) in [6.45, 7) is 11.0. The number of aliphatic hydroxyl groups excluding tert-OH is 1. The number of methoxy groups -OCH3 is 1. The molecule has 43 heavy (non-hydrogen) atoms. The Morgan fingerprint density at radius 2 is 1.67 bits per heavy atom. The number of carbonyl (C=O) groups is 2. The molecule has 2 saturated heterocycles. The van der Waals surface area contributed by atoms with Crippen molar-refractivity contribution in [2.75, 3.05) is 59.7 Å². The summed E-state index contributed by atoms with van der Waals surface area (Å²) in [5.74, 6) is 0.277. The summed E-state index contributed by atoms with van der Waals surface area (Å²) in [5.41, 5.74) is 1.96. The van der Waals surface area contributed by atoms with E-state index in [4.69, 9.17) is 18.9 Å². The van der Waals surface area contributed by atoms with Crippen LogP contribution in [0.25, 0.3) is 5.76 Å². The summed E-state index contributed by atoms with van der Waals surface area (Å²) in [4.78, 5) is 30.9. The number of benzene rings is 2. The number of amides is 1. The molecule has 0 radical (unpaired) electrons. The van der Waals surface area contributed by atoms with E-state index in [1.54, 1.807) is 30.2 Å². The predicted molar refractivity (Wildman–Crippen MR) is 166 cm³/mol. The van der Waals surface area contributed by atoms with E-state index in [1.807, 2.05) is 25.1 Å². The third-order valence-corrected chi connectivity index (χ3v) is 8.03. The van der Waals surface area contributed by atoms with Crippen molar-refractivity contribution in [3.8, 4) is 17.2 Å². The fourth-order valence-electron chi connectivity index (χ4n) is 5.51. The number of morpholine rings is 1. The Morgan fingerprint density at radius 3 is 2.37 bits per heavy atom. The van der Waals surface area contributed by atoms with Crippen LogP contribution in [0.5, 0.6) is 17.2 Å². The molecule has 2 fully saturated rings. The molecular weight excluding hydrogens is 548 g/mol. The van der Waals surface area contributed by atoms with Gasteiger partial charge in [-0.1, -0.05) is 39.2 Å². The first-order valence-corrected chi connectivity index (χ1v) is 15.5. The molecule has 0 aliphatic carbocycles. The Morgan fingerprint density at radius 1 is 0.930 bits per heavy atom. The van der Waals surface area contributed by atoms with Crippen molar-refractivity contribution < 1.29 is 33.6 Å². The van der Waals surface area contributed by atoms with Crippen LogP contribution in [0.1, 0.15) is 68.7 Å². The Hall–Kier alpha value is -3.56. The molecule has 2 aliphatic rings. The topological polar surface area (TPSA) is 97.8 Å². The maximum atomic E-state index is 13.6. The van der Waals surface area contributed by atoms with Crippen molar-refractivity contribution in [1.29, 1.82) is 0 Å². The lowest BCUT2D eigenvalue weighted by molar-refractivity contribution is -0.140. The zero-order valence-electron chi connectivity index (χ0n) is 26.0. The van der Waals surface area contributed by atoms with Gasteiger partial charge in [-0.2, -0.15) is 0 Å². The van der Waals surface area contributed by atoms with Crippen molar-refractivity contribution in [3.63, 3.8) is 0 Å². The highest BCUT2D eigenvalue weighted by Crippen LogP contribution is 2.42. The number of ketones is 1. The first-order valence-electron chi connectivity index (χ1n) is 15.5. The van der Waals surface area contributed by atoms with Crippen LogP contribution < -0.4 is 14.2 Å². The standard InChI is InChI=1S/C34H46N2O7/c1-5-7-9-19-43-28-13-10-25(23-29(28)40-4)31-30(32(37)27-12-11-26(22-24(27)3)42-18-8-6-2)33(38)34(39)36(31)15-14-35-16-20-41-21-17-35/h10-13,22-23,31,37H,5-9,14-21H2,1-4H3. The SMILES string of the molecule is CCCCCOc1ccc(C2C(=C(O)c3ccc(OCCCC)cc3C)C(=O)C(=O)N2CCN2CCOCC2)cc1OC. The van der Waals surface area contributed by atoms with E-state index in [2.05, 4.69) is 18.7 Å². The lowest BCUT2D eigenvalue weighted by Crippen LogP contribution is -2.42. The molecule has 1 amide bonds. The molecule has 1 N–H and O–H groups in total. The van der Waals surface area contributed by atoms with Crippen LogP contribution in [0.15, 0.2) is 42.0 Å². The quantitative estimate of drug-likeness (QED) is 0.125. The highest BCUT2D eigenvalue weighted by atomic mass is 16.5. The van der Waals surface area contributed by atoms with Gasteiger partial charge in [0.2, 0.25) is 0 Å². The summed E-state index contributed by atoms with van der Waals surface area (Å²) in [5, 5.41) is 11.7. The molecule has 4 rings (SSSR count). The molecule has 2 aliphatic heterocycles. The minimum atomic E-state index is -0.788. The van der Waals surface area contributed by atoms with E-state index in [0.717, 1.165) is 50.8 Å². The van der Waals surface area contributed by atoms with Gasteiger partial charge >= 0.3 is 0 Å². The molecule has 0 spiro atoms. The molecule has 2 aromatic rings. The van der Waals surface area contributed by atoms with Crippen LogP contribution >= 0.6 is 0 Å². The maximum absolute atomic E-state index is 13.6. The molecule has 234 valence electrons. The highest BCUT2D eigenvalue weighted by Gasteiger charge is 2.46. The molecule has 2 aromatic carbocycles. The van der Waals surface area contributed by atoms with Gasteiger partial charge < -0.3 is 29.0 Å². The summed E-state index contributed by atoms with van der Waals surface area (Å²) in [7, 11) is 1.57. The normalized spacial score (nSPS) is 18.7. The van der Waals surface area contributed by atoms with Crippen molar-refractivity contribution in [1.82, 2.24) is 9.80 Å². The van der Waals surface area contributed by atoms with Crippen molar-refractivity contribution in [3.05, 3.63) is 58.7 Å². The molecule has 9 heteroatoms. The Kier molecular flexibility index (Phi) is 11.9. The highest BCUT2D eigenvalue weighted by molar-refractivity contribution is 6.46. The third-order valence-electron chi connectivity index (χ3n) is 8.03. The Balaban J connectivity index is 1.71. The van der Waals surface area contributed by atoms with Gasteiger partial charge in [0.25, 0.3) is 11.7 Å². The number of Topliss-reactive ketones (excluding diaryl/α,β-unsaturated/α-hetero) is 1. The second-order valence-corrected chi connectivity index (χ2v) is 11.1. The molecular formula is C34H46N2O7. The Labute approximate surface area is 255 Å². The molecule has 1 unspecified atom stereocenters. The monoisotopic (exact) mass is 594 g/mol. The summed E-state index contributed by atoms with van der Waals surface area (Å²) in [6.07, 6.45) is 5.07. The van der Waals surface area contributed by atoms with Gasteiger partial charge in [-0.15, -0.1) is 0 Å². The second-order valence-electron chi connectivity index (χ2n) is 11.1. The zero-order valence-corrected chi connectivity index (χ0v) is 26.0. The van der Waals surface area contributed by atoms with Gasteiger partial charge in [0.15, 0.2) is 11.5 Å². The van der Waals surface area contributed by atoms with Crippen LogP contribution in [-0.2, 0) is 14.3 Å². The fraction of sp³-hybridized carbons (Fsp3) is 0.529. The smallest absolute Gasteiger partial charge is 0.295 e. The van der Waals surface area contributed by atoms with E-state index in [9.17, 15) is 14.7 Å². The van der Waals surface area contributed by atoms with Crippen molar-refractivity contribution in [2.24, 2.45) is 0 Å². The van der Waals surface area contributed by atoms with Crippen molar-refractivity contribution >= 4 is 17.4 Å². The lowest BCUT2D eigenvalue weighted by Gasteiger charge is -2.31. The number of aliphatic hydroxyl groups is 1. The van der Waals surface area contributed by atoms with Gasteiger partial charge in [0.05, 0.1) is 45.2 Å². The molecule has 9 nitrogen and oxygen atoms in total. The van der Waals surface area contributed by atoms with E-state index >= 15 is 0 Å². The number of carbonyl (C=O) groups excluding carboxylic acids is 2. The average molecular weight is 595 g/mol.